The fourth-order valence-corrected chi connectivity index (χ4v) is 2.67. The number of nitrogen functional groups attached to an aromatic ring is 1. The van der Waals surface area contributed by atoms with Gasteiger partial charge in [0.2, 0.25) is 0 Å². The zero-order valence-corrected chi connectivity index (χ0v) is 8.95. The number of rotatable bonds is 3. The highest BCUT2D eigenvalue weighted by Crippen LogP contribution is 2.16. The van der Waals surface area contributed by atoms with Gasteiger partial charge in [0, 0.05) is 5.69 Å². The van der Waals surface area contributed by atoms with Gasteiger partial charge in [-0.05, 0) is 18.2 Å². The first kappa shape index (κ1) is 11.9. The summed E-state index contributed by atoms with van der Waals surface area (Å²) >= 11 is 0. The molecule has 0 unspecified atom stereocenters. The molecule has 0 bridgehead atoms. The number of nitrogens with two attached hydrogens (primary N) is 2. The van der Waals surface area contributed by atoms with Gasteiger partial charge in [-0.15, -0.1) is 3.63 Å². The van der Waals surface area contributed by atoms with Crippen LogP contribution in [0.5, 0.6) is 0 Å². The van der Waals surface area contributed by atoms with E-state index in [-0.39, 0.29) is 10.6 Å². The summed E-state index contributed by atoms with van der Waals surface area (Å²) in [6.45, 7) is 0. The summed E-state index contributed by atoms with van der Waals surface area (Å²) < 4.78 is 47.2. The molecule has 1 aromatic rings. The van der Waals surface area contributed by atoms with Crippen LogP contribution in [0.4, 0.5) is 5.69 Å². The topological polar surface area (TPSA) is 130 Å². The quantitative estimate of drug-likeness (QED) is 0.676. The van der Waals surface area contributed by atoms with Crippen LogP contribution in [-0.2, 0) is 24.1 Å². The molecule has 0 heterocycles. The Kier molecular flexibility index (Phi) is 3.00. The molecule has 4 N–H and O–H groups in total. The first-order chi connectivity index (χ1) is 6.71. The molecule has 0 saturated carbocycles. The number of anilines is 1. The van der Waals surface area contributed by atoms with Crippen molar-refractivity contribution in [3.63, 3.8) is 0 Å². The molecule has 0 amide bonds. The van der Waals surface area contributed by atoms with Gasteiger partial charge in [-0.25, -0.2) is 5.14 Å². The maximum atomic E-state index is 11.3. The minimum atomic E-state index is -4.57. The fourth-order valence-electron chi connectivity index (χ4n) is 0.834. The molecule has 1 rings (SSSR count). The first-order valence-electron chi connectivity index (χ1n) is 3.55. The lowest BCUT2D eigenvalue weighted by atomic mass is 10.3. The van der Waals surface area contributed by atoms with Crippen LogP contribution in [0.25, 0.3) is 0 Å². The largest absolute Gasteiger partial charge is 0.399 e. The van der Waals surface area contributed by atoms with Gasteiger partial charge in [-0.1, -0.05) is 6.07 Å². The average molecular weight is 252 g/mol. The summed E-state index contributed by atoms with van der Waals surface area (Å²) in [5.74, 6) is 0. The van der Waals surface area contributed by atoms with Crippen molar-refractivity contribution >= 4 is 26.1 Å². The normalized spacial score (nSPS) is 12.6. The molecule has 0 aliphatic heterocycles. The van der Waals surface area contributed by atoms with E-state index >= 15 is 0 Å². The second kappa shape index (κ2) is 3.77. The van der Waals surface area contributed by atoms with Crippen LogP contribution in [0.2, 0.25) is 0 Å². The summed E-state index contributed by atoms with van der Waals surface area (Å²) in [7, 11) is -9.01. The van der Waals surface area contributed by atoms with E-state index in [0.29, 0.717) is 0 Å². The van der Waals surface area contributed by atoms with Gasteiger partial charge in [-0.2, -0.15) is 16.8 Å². The summed E-state index contributed by atoms with van der Waals surface area (Å²) in [4.78, 5) is -0.378. The molecule has 0 aliphatic carbocycles. The molecule has 84 valence electrons. The zero-order chi connectivity index (χ0) is 11.7. The SMILES string of the molecule is Nc1cccc(S(=O)(=O)OS(N)(=O)=O)c1. The van der Waals surface area contributed by atoms with E-state index in [1.54, 1.807) is 0 Å². The molecular formula is C6H8N2O5S2. The van der Waals surface area contributed by atoms with Gasteiger partial charge in [0.15, 0.2) is 0 Å². The van der Waals surface area contributed by atoms with E-state index in [1.807, 2.05) is 0 Å². The number of benzene rings is 1. The Morgan fingerprint density at radius 2 is 1.73 bits per heavy atom. The van der Waals surface area contributed by atoms with Gasteiger partial charge in [0.25, 0.3) is 0 Å². The maximum absolute atomic E-state index is 11.3. The maximum Gasteiger partial charge on any atom is 0.348 e. The van der Waals surface area contributed by atoms with E-state index in [9.17, 15) is 16.8 Å². The Labute approximate surface area is 87.0 Å². The van der Waals surface area contributed by atoms with Crippen molar-refractivity contribution in [1.29, 1.82) is 0 Å². The van der Waals surface area contributed by atoms with Crippen LogP contribution in [0, 0.1) is 0 Å². The lowest BCUT2D eigenvalue weighted by Gasteiger charge is -2.02. The number of hydrogen-bond acceptors (Lipinski definition) is 6. The highest BCUT2D eigenvalue weighted by Gasteiger charge is 2.21. The average Bonchev–Trinajstić information content (AvgIpc) is 1.99. The highest BCUT2D eigenvalue weighted by atomic mass is 32.3. The Balaban J connectivity index is 3.19. The van der Waals surface area contributed by atoms with E-state index < -0.39 is 20.4 Å². The van der Waals surface area contributed by atoms with E-state index in [2.05, 4.69) is 8.77 Å². The van der Waals surface area contributed by atoms with E-state index in [1.165, 1.54) is 12.1 Å². The molecule has 15 heavy (non-hydrogen) atoms. The molecule has 0 fully saturated rings. The van der Waals surface area contributed by atoms with Gasteiger partial charge < -0.3 is 5.73 Å². The lowest BCUT2D eigenvalue weighted by Crippen LogP contribution is -2.20. The van der Waals surface area contributed by atoms with Gasteiger partial charge >= 0.3 is 20.4 Å². The summed E-state index contributed by atoms with van der Waals surface area (Å²) in [5.41, 5.74) is 5.48. The van der Waals surface area contributed by atoms with Crippen molar-refractivity contribution in [1.82, 2.24) is 0 Å². The van der Waals surface area contributed by atoms with Crippen molar-refractivity contribution in [3.8, 4) is 0 Å². The van der Waals surface area contributed by atoms with Crippen molar-refractivity contribution in [3.05, 3.63) is 24.3 Å². The lowest BCUT2D eigenvalue weighted by molar-refractivity contribution is 0.463. The van der Waals surface area contributed by atoms with Crippen molar-refractivity contribution in [2.45, 2.75) is 4.90 Å². The third kappa shape index (κ3) is 3.47. The molecule has 1 aromatic carbocycles. The van der Waals surface area contributed by atoms with Crippen molar-refractivity contribution < 1.29 is 20.5 Å². The molecule has 7 nitrogen and oxygen atoms in total. The minimum Gasteiger partial charge on any atom is -0.399 e. The minimum absolute atomic E-state index is 0.161. The molecule has 0 atom stereocenters. The Hall–Kier alpha value is -1.16. The molecule has 0 aromatic heterocycles. The standard InChI is InChI=1S/C6H8N2O5S2/c7-5-2-1-3-6(4-5)14(9,10)13-15(8,11)12/h1-4H,7H2,(H2,8,11,12). The van der Waals surface area contributed by atoms with Crippen LogP contribution in [0.15, 0.2) is 29.2 Å². The van der Waals surface area contributed by atoms with Gasteiger partial charge in [0.1, 0.15) is 0 Å². The fraction of sp³-hybridized carbons (Fsp3) is 0. The monoisotopic (exact) mass is 252 g/mol. The molecule has 9 heteroatoms. The second-order valence-corrected chi connectivity index (χ2v) is 5.50. The van der Waals surface area contributed by atoms with Crippen LogP contribution in [0.3, 0.4) is 0 Å². The second-order valence-electron chi connectivity index (χ2n) is 2.59. The van der Waals surface area contributed by atoms with Crippen molar-refractivity contribution in [2.24, 2.45) is 5.14 Å². The smallest absolute Gasteiger partial charge is 0.348 e. The molecule has 0 saturated heterocycles. The van der Waals surface area contributed by atoms with Crippen molar-refractivity contribution in [2.75, 3.05) is 5.73 Å². The Morgan fingerprint density at radius 1 is 1.13 bits per heavy atom. The summed E-state index contributed by atoms with van der Waals surface area (Å²) in [5, 5.41) is 4.44. The van der Waals surface area contributed by atoms with Crippen LogP contribution >= 0.6 is 0 Å². The van der Waals surface area contributed by atoms with Gasteiger partial charge in [0.05, 0.1) is 4.90 Å². The first-order valence-corrected chi connectivity index (χ1v) is 6.43. The number of hydrogen-bond donors (Lipinski definition) is 2. The zero-order valence-electron chi connectivity index (χ0n) is 7.32. The molecule has 0 spiro atoms. The molecule has 0 aliphatic rings. The molecular weight excluding hydrogens is 244 g/mol. The van der Waals surface area contributed by atoms with E-state index in [4.69, 9.17) is 5.73 Å². The summed E-state index contributed by atoms with van der Waals surface area (Å²) in [6.07, 6.45) is 0. The summed E-state index contributed by atoms with van der Waals surface area (Å²) in [6, 6.07) is 4.97. The Bertz CT molecular complexity index is 563. The predicted octanol–water partition coefficient (Wildman–Crippen LogP) is -0.822. The van der Waals surface area contributed by atoms with Crippen LogP contribution < -0.4 is 10.9 Å². The Morgan fingerprint density at radius 3 is 2.20 bits per heavy atom. The third-order valence-electron chi connectivity index (χ3n) is 1.33. The van der Waals surface area contributed by atoms with E-state index in [0.717, 1.165) is 12.1 Å². The van der Waals surface area contributed by atoms with Gasteiger partial charge in [-0.3, -0.25) is 0 Å². The molecule has 0 radical (unpaired) electrons. The highest BCUT2D eigenvalue weighted by molar-refractivity contribution is 7.98. The third-order valence-corrected chi connectivity index (χ3v) is 3.64. The predicted molar refractivity (Wildman–Crippen MR) is 52.2 cm³/mol. The van der Waals surface area contributed by atoms with Crippen LogP contribution in [0.1, 0.15) is 0 Å². The van der Waals surface area contributed by atoms with Crippen LogP contribution in [-0.4, -0.2) is 16.8 Å².